The van der Waals surface area contributed by atoms with E-state index in [0.29, 0.717) is 50.5 Å². The van der Waals surface area contributed by atoms with Gasteiger partial charge in [-0.25, -0.2) is 0 Å². The molecule has 0 aliphatic carbocycles. The molecule has 0 atom stereocenters. The third kappa shape index (κ3) is 7.89. The molecule has 45 heavy (non-hydrogen) atoms. The minimum Gasteiger partial charge on any atom is -0.493 e. The first-order chi connectivity index (χ1) is 21.8. The van der Waals surface area contributed by atoms with Crippen LogP contribution in [0.4, 0.5) is 5.69 Å². The molecule has 2 N–H and O–H groups in total. The molecule has 0 spiro atoms. The summed E-state index contributed by atoms with van der Waals surface area (Å²) < 4.78 is 14.0. The van der Waals surface area contributed by atoms with E-state index in [1.807, 2.05) is 65.2 Å². The number of rotatable bonds is 12. The second kappa shape index (κ2) is 14.6. The van der Waals surface area contributed by atoms with Crippen molar-refractivity contribution in [1.82, 2.24) is 15.1 Å². The van der Waals surface area contributed by atoms with Crippen LogP contribution in [-0.4, -0.2) is 59.0 Å². The van der Waals surface area contributed by atoms with Crippen molar-refractivity contribution >= 4 is 23.5 Å². The number of carboxylic acids is 1. The van der Waals surface area contributed by atoms with E-state index >= 15 is 0 Å². The van der Waals surface area contributed by atoms with Gasteiger partial charge in [0.15, 0.2) is 5.75 Å². The summed E-state index contributed by atoms with van der Waals surface area (Å²) in [5.74, 6) is 0.299. The van der Waals surface area contributed by atoms with Gasteiger partial charge in [0, 0.05) is 42.4 Å². The Morgan fingerprint density at radius 2 is 1.82 bits per heavy atom. The number of carboxylic acid groups (broad SMARTS) is 1. The second-order valence-electron chi connectivity index (χ2n) is 11.1. The highest BCUT2D eigenvalue weighted by atomic mass is 16.5. The number of hydrogen-bond acceptors (Lipinski definition) is 6. The van der Waals surface area contributed by atoms with Gasteiger partial charge in [0.1, 0.15) is 5.75 Å². The van der Waals surface area contributed by atoms with Crippen molar-refractivity contribution in [3.8, 4) is 22.6 Å². The first-order valence-corrected chi connectivity index (χ1v) is 15.2. The number of carbonyl (C=O) groups is 3. The van der Waals surface area contributed by atoms with Gasteiger partial charge < -0.3 is 24.8 Å². The highest BCUT2D eigenvalue weighted by Crippen LogP contribution is 2.40. The molecule has 0 fully saturated rings. The van der Waals surface area contributed by atoms with Crippen LogP contribution in [0.1, 0.15) is 52.7 Å². The fraction of sp³-hybridized carbons (Fsp3) is 0.314. The average molecular weight is 611 g/mol. The Kier molecular flexibility index (Phi) is 10.1. The van der Waals surface area contributed by atoms with E-state index in [1.165, 1.54) is 5.56 Å². The summed E-state index contributed by atoms with van der Waals surface area (Å²) in [4.78, 5) is 38.1. The lowest BCUT2D eigenvalue weighted by Gasteiger charge is -2.23. The number of fused-ring (bicyclic) bond motifs is 1. The Bertz CT molecular complexity index is 1660. The standard InChI is InChI=1S/C35H38N4O6/c1-24-7-3-10-31(25(24)2)44-19-5-11-32(40)39-18-6-20-45-34-29(8-4-9-30(34)39)28-21-37-38(23-28)22-26-12-14-27(15-13-26)35(43)36-17-16-33(41)42/h3-4,7-10,12-15,21,23H,5-6,11,16-20,22H2,1-2H3,(H,36,43)(H,41,42). The monoisotopic (exact) mass is 610 g/mol. The second-order valence-corrected chi connectivity index (χ2v) is 11.1. The molecule has 1 aliphatic rings. The van der Waals surface area contributed by atoms with Crippen molar-refractivity contribution in [2.45, 2.75) is 46.1 Å². The number of carbonyl (C=O) groups excluding carboxylic acids is 2. The van der Waals surface area contributed by atoms with E-state index in [1.54, 1.807) is 18.3 Å². The maximum absolute atomic E-state index is 13.4. The number of aromatic nitrogens is 2. The molecule has 5 rings (SSSR count). The van der Waals surface area contributed by atoms with Crippen molar-refractivity contribution in [1.29, 1.82) is 0 Å². The van der Waals surface area contributed by atoms with Crippen LogP contribution in [0.25, 0.3) is 11.1 Å². The predicted molar refractivity (Wildman–Crippen MR) is 171 cm³/mol. The summed E-state index contributed by atoms with van der Waals surface area (Å²) in [7, 11) is 0. The summed E-state index contributed by atoms with van der Waals surface area (Å²) in [6.07, 6.45) is 5.31. The van der Waals surface area contributed by atoms with Crippen LogP contribution in [0.5, 0.6) is 11.5 Å². The number of aliphatic carboxylic acids is 1. The maximum atomic E-state index is 13.4. The maximum Gasteiger partial charge on any atom is 0.305 e. The van der Waals surface area contributed by atoms with Crippen molar-refractivity contribution in [3.05, 3.63) is 95.3 Å². The predicted octanol–water partition coefficient (Wildman–Crippen LogP) is 5.39. The molecule has 10 nitrogen and oxygen atoms in total. The van der Waals surface area contributed by atoms with Crippen LogP contribution in [0.3, 0.4) is 0 Å². The van der Waals surface area contributed by atoms with Gasteiger partial charge in [-0.1, -0.05) is 36.4 Å². The van der Waals surface area contributed by atoms with Gasteiger partial charge in [-0.3, -0.25) is 19.1 Å². The van der Waals surface area contributed by atoms with E-state index in [4.69, 9.17) is 14.6 Å². The Morgan fingerprint density at radius 3 is 2.62 bits per heavy atom. The minimum atomic E-state index is -0.959. The quantitative estimate of drug-likeness (QED) is 0.206. The van der Waals surface area contributed by atoms with E-state index in [9.17, 15) is 14.4 Å². The Balaban J connectivity index is 1.22. The summed E-state index contributed by atoms with van der Waals surface area (Å²) in [6.45, 7) is 6.23. The van der Waals surface area contributed by atoms with Gasteiger partial charge in [0.2, 0.25) is 5.91 Å². The molecule has 234 valence electrons. The molecule has 0 saturated carbocycles. The number of aryl methyl sites for hydroxylation is 1. The van der Waals surface area contributed by atoms with E-state index in [0.717, 1.165) is 40.1 Å². The zero-order valence-corrected chi connectivity index (χ0v) is 25.6. The first-order valence-electron chi connectivity index (χ1n) is 15.2. The minimum absolute atomic E-state index is 0.0400. The fourth-order valence-electron chi connectivity index (χ4n) is 5.24. The van der Waals surface area contributed by atoms with Crippen molar-refractivity contribution in [2.75, 3.05) is 31.2 Å². The van der Waals surface area contributed by atoms with Crippen LogP contribution in [-0.2, 0) is 16.1 Å². The molecule has 0 saturated heterocycles. The lowest BCUT2D eigenvalue weighted by molar-refractivity contribution is -0.136. The van der Waals surface area contributed by atoms with Crippen molar-refractivity contribution in [3.63, 3.8) is 0 Å². The number of anilines is 1. The van der Waals surface area contributed by atoms with Gasteiger partial charge in [0.25, 0.3) is 5.91 Å². The summed E-state index contributed by atoms with van der Waals surface area (Å²) >= 11 is 0. The van der Waals surface area contributed by atoms with E-state index in [2.05, 4.69) is 23.4 Å². The summed E-state index contributed by atoms with van der Waals surface area (Å²) in [5.41, 5.74) is 6.21. The topological polar surface area (TPSA) is 123 Å². The van der Waals surface area contributed by atoms with Crippen LogP contribution in [0.2, 0.25) is 0 Å². The molecule has 3 aromatic carbocycles. The summed E-state index contributed by atoms with van der Waals surface area (Å²) in [6, 6.07) is 19.0. The molecule has 1 aromatic heterocycles. The molecule has 4 aromatic rings. The van der Waals surface area contributed by atoms with Crippen molar-refractivity contribution in [2.24, 2.45) is 0 Å². The third-order valence-electron chi connectivity index (χ3n) is 7.84. The van der Waals surface area contributed by atoms with Crippen LogP contribution in [0, 0.1) is 13.8 Å². The number of hydrogen-bond donors (Lipinski definition) is 2. The number of amides is 2. The molecule has 0 radical (unpaired) electrons. The number of nitrogens with zero attached hydrogens (tertiary/aromatic N) is 3. The first kappa shape index (κ1) is 31.3. The van der Waals surface area contributed by atoms with Gasteiger partial charge in [0.05, 0.1) is 38.1 Å². The SMILES string of the molecule is Cc1cccc(OCCCC(=O)N2CCCOc3c(-c4cnn(Cc5ccc(C(=O)NCCC(=O)O)cc5)c4)cccc32)c1C. The lowest BCUT2D eigenvalue weighted by atomic mass is 10.1. The van der Waals surface area contributed by atoms with Gasteiger partial charge >= 0.3 is 5.97 Å². The number of benzene rings is 3. The van der Waals surface area contributed by atoms with Crippen molar-refractivity contribution < 1.29 is 29.0 Å². The van der Waals surface area contributed by atoms with Gasteiger partial charge in [-0.05, 0) is 67.6 Å². The molecule has 10 heteroatoms. The number of ether oxygens (including phenoxy) is 2. The average Bonchev–Trinajstić information content (AvgIpc) is 3.38. The van der Waals surface area contributed by atoms with Crippen LogP contribution >= 0.6 is 0 Å². The van der Waals surface area contributed by atoms with Crippen LogP contribution in [0.15, 0.2) is 73.1 Å². The van der Waals surface area contributed by atoms with E-state index < -0.39 is 5.97 Å². The largest absolute Gasteiger partial charge is 0.493 e. The van der Waals surface area contributed by atoms with Crippen LogP contribution < -0.4 is 19.7 Å². The Morgan fingerprint density at radius 1 is 1.02 bits per heavy atom. The zero-order valence-electron chi connectivity index (χ0n) is 25.6. The molecule has 0 unspecified atom stereocenters. The lowest BCUT2D eigenvalue weighted by Crippen LogP contribution is -2.31. The highest BCUT2D eigenvalue weighted by molar-refractivity contribution is 5.97. The molecular weight excluding hydrogens is 572 g/mol. The molecular formula is C35H38N4O6. The highest BCUT2D eigenvalue weighted by Gasteiger charge is 2.25. The zero-order chi connectivity index (χ0) is 31.8. The Labute approximate surface area is 262 Å². The normalized spacial score (nSPS) is 12.5. The molecule has 0 bridgehead atoms. The molecule has 2 amide bonds. The molecule has 2 heterocycles. The van der Waals surface area contributed by atoms with Gasteiger partial charge in [-0.2, -0.15) is 5.10 Å². The number of nitrogens with one attached hydrogen (secondary N) is 1. The smallest absolute Gasteiger partial charge is 0.305 e. The molecule has 1 aliphatic heterocycles. The van der Waals surface area contributed by atoms with Gasteiger partial charge in [-0.15, -0.1) is 0 Å². The third-order valence-corrected chi connectivity index (χ3v) is 7.84. The van der Waals surface area contributed by atoms with E-state index in [-0.39, 0.29) is 24.8 Å². The summed E-state index contributed by atoms with van der Waals surface area (Å²) in [5, 5.41) is 15.9. The Hall–Kier alpha value is -5.12. The fourth-order valence-corrected chi connectivity index (χ4v) is 5.24. The number of para-hydroxylation sites is 1.